The van der Waals surface area contributed by atoms with Crippen molar-refractivity contribution < 1.29 is 9.53 Å². The van der Waals surface area contributed by atoms with Gasteiger partial charge in [-0.15, -0.1) is 0 Å². The highest BCUT2D eigenvalue weighted by Crippen LogP contribution is 2.18. The topological polar surface area (TPSA) is 64.4 Å². The number of rotatable bonds is 3. The highest BCUT2D eigenvalue weighted by atomic mass is 16.5. The van der Waals surface area contributed by atoms with Crippen molar-refractivity contribution in [3.8, 4) is 0 Å². The summed E-state index contributed by atoms with van der Waals surface area (Å²) in [7, 11) is 0. The molecule has 13 heavy (non-hydrogen) atoms. The number of amides is 1. The summed E-state index contributed by atoms with van der Waals surface area (Å²) in [6, 6.07) is 0. The van der Waals surface area contributed by atoms with Gasteiger partial charge < -0.3 is 15.8 Å². The van der Waals surface area contributed by atoms with Gasteiger partial charge in [-0.05, 0) is 25.7 Å². The van der Waals surface area contributed by atoms with E-state index < -0.39 is 0 Å². The molecule has 1 fully saturated rings. The lowest BCUT2D eigenvalue weighted by Gasteiger charge is -2.27. The van der Waals surface area contributed by atoms with Crippen LogP contribution in [0, 0.1) is 5.92 Å². The normalized spacial score (nSPS) is 28.5. The molecule has 4 heteroatoms. The van der Waals surface area contributed by atoms with Gasteiger partial charge in [0.2, 0.25) is 5.91 Å². The molecule has 4 nitrogen and oxygen atoms in total. The van der Waals surface area contributed by atoms with Crippen molar-refractivity contribution in [1.82, 2.24) is 5.32 Å². The minimum absolute atomic E-state index is 0.0702. The van der Waals surface area contributed by atoms with Crippen LogP contribution in [0.5, 0.6) is 0 Å². The van der Waals surface area contributed by atoms with Crippen LogP contribution in [0.15, 0.2) is 0 Å². The number of hydrogen-bond donors (Lipinski definition) is 2. The zero-order valence-corrected chi connectivity index (χ0v) is 8.08. The van der Waals surface area contributed by atoms with Crippen LogP contribution >= 0.6 is 0 Å². The van der Waals surface area contributed by atoms with Crippen molar-refractivity contribution in [2.45, 2.75) is 25.9 Å². The molecule has 0 aromatic rings. The first-order valence-electron chi connectivity index (χ1n) is 4.80. The van der Waals surface area contributed by atoms with Gasteiger partial charge in [0.25, 0.3) is 0 Å². The van der Waals surface area contributed by atoms with Gasteiger partial charge in [0, 0.05) is 13.2 Å². The number of carbonyl (C=O) groups excluding carboxylic acids is 1. The summed E-state index contributed by atoms with van der Waals surface area (Å²) in [5.74, 6) is 0.485. The second-order valence-corrected chi connectivity index (χ2v) is 3.58. The van der Waals surface area contributed by atoms with Gasteiger partial charge in [-0.1, -0.05) is 0 Å². The van der Waals surface area contributed by atoms with E-state index in [9.17, 15) is 4.79 Å². The fourth-order valence-corrected chi connectivity index (χ4v) is 1.61. The fraction of sp³-hybridized carbons (Fsp3) is 0.889. The Morgan fingerprint density at radius 2 is 2.46 bits per heavy atom. The molecule has 0 aromatic heterocycles. The molecule has 0 spiro atoms. The summed E-state index contributed by atoms with van der Waals surface area (Å²) in [5, 5.41) is 2.80. The van der Waals surface area contributed by atoms with Crippen LogP contribution in [-0.2, 0) is 9.53 Å². The number of nitrogens with two attached hydrogens (primary N) is 1. The number of nitrogens with one attached hydrogen (secondary N) is 1. The van der Waals surface area contributed by atoms with Crippen LogP contribution in [0.4, 0.5) is 0 Å². The van der Waals surface area contributed by atoms with E-state index >= 15 is 0 Å². The molecule has 1 rings (SSSR count). The van der Waals surface area contributed by atoms with Crippen molar-refractivity contribution in [2.24, 2.45) is 11.7 Å². The van der Waals surface area contributed by atoms with Gasteiger partial charge >= 0.3 is 0 Å². The number of carbonyl (C=O) groups is 1. The van der Waals surface area contributed by atoms with Gasteiger partial charge in [0.05, 0.1) is 12.6 Å². The summed E-state index contributed by atoms with van der Waals surface area (Å²) in [6.45, 7) is 3.70. The molecule has 0 bridgehead atoms. The standard InChI is InChI=1S/C9H18N2O2/c1-7-4-8(2-3-13-7)6-11-9(12)5-10/h7-8H,2-6,10H2,1H3,(H,11,12). The van der Waals surface area contributed by atoms with Crippen molar-refractivity contribution in [2.75, 3.05) is 19.7 Å². The first-order valence-corrected chi connectivity index (χ1v) is 4.80. The Morgan fingerprint density at radius 1 is 1.69 bits per heavy atom. The zero-order valence-electron chi connectivity index (χ0n) is 8.08. The Hall–Kier alpha value is -0.610. The van der Waals surface area contributed by atoms with E-state index in [2.05, 4.69) is 12.2 Å². The largest absolute Gasteiger partial charge is 0.378 e. The highest BCUT2D eigenvalue weighted by Gasteiger charge is 2.19. The lowest BCUT2D eigenvalue weighted by Crippen LogP contribution is -2.37. The average molecular weight is 186 g/mol. The van der Waals surface area contributed by atoms with Crippen LogP contribution in [0.3, 0.4) is 0 Å². The Bertz CT molecular complexity index is 173. The predicted molar refractivity (Wildman–Crippen MR) is 50.2 cm³/mol. The van der Waals surface area contributed by atoms with Gasteiger partial charge in [0.1, 0.15) is 0 Å². The maximum atomic E-state index is 10.9. The molecule has 2 unspecified atom stereocenters. The van der Waals surface area contributed by atoms with E-state index in [0.717, 1.165) is 26.0 Å². The lowest BCUT2D eigenvalue weighted by atomic mass is 9.96. The molecular weight excluding hydrogens is 168 g/mol. The maximum Gasteiger partial charge on any atom is 0.233 e. The molecule has 1 amide bonds. The summed E-state index contributed by atoms with van der Waals surface area (Å²) in [4.78, 5) is 10.9. The Kier molecular flexibility index (Phi) is 4.18. The van der Waals surface area contributed by atoms with Crippen LogP contribution in [-0.4, -0.2) is 31.7 Å². The Labute approximate surface area is 78.8 Å². The zero-order chi connectivity index (χ0) is 9.68. The van der Waals surface area contributed by atoms with Crippen LogP contribution in [0.2, 0.25) is 0 Å². The molecule has 0 aliphatic carbocycles. The molecule has 2 atom stereocenters. The third-order valence-corrected chi connectivity index (χ3v) is 2.37. The summed E-state index contributed by atoms with van der Waals surface area (Å²) < 4.78 is 5.40. The van der Waals surface area contributed by atoms with E-state index in [0.29, 0.717) is 12.0 Å². The highest BCUT2D eigenvalue weighted by molar-refractivity contribution is 5.77. The van der Waals surface area contributed by atoms with Gasteiger partial charge in [-0.25, -0.2) is 0 Å². The molecule has 1 aliphatic heterocycles. The van der Waals surface area contributed by atoms with Crippen LogP contribution < -0.4 is 11.1 Å². The van der Waals surface area contributed by atoms with E-state index in [-0.39, 0.29) is 12.5 Å². The van der Waals surface area contributed by atoms with Crippen molar-refractivity contribution in [1.29, 1.82) is 0 Å². The maximum absolute atomic E-state index is 10.9. The lowest BCUT2D eigenvalue weighted by molar-refractivity contribution is -0.120. The molecular formula is C9H18N2O2. The minimum atomic E-state index is -0.0702. The Morgan fingerprint density at radius 3 is 3.08 bits per heavy atom. The van der Waals surface area contributed by atoms with Crippen molar-refractivity contribution >= 4 is 5.91 Å². The quantitative estimate of drug-likeness (QED) is 0.645. The average Bonchev–Trinajstić information content (AvgIpc) is 2.14. The van der Waals surface area contributed by atoms with E-state index in [1.165, 1.54) is 0 Å². The third kappa shape index (κ3) is 3.74. The van der Waals surface area contributed by atoms with Gasteiger partial charge in [-0.2, -0.15) is 0 Å². The molecule has 1 aliphatic rings. The predicted octanol–water partition coefficient (Wildman–Crippen LogP) is -0.124. The fourth-order valence-electron chi connectivity index (χ4n) is 1.61. The van der Waals surface area contributed by atoms with E-state index in [4.69, 9.17) is 10.5 Å². The molecule has 1 saturated heterocycles. The number of hydrogen-bond acceptors (Lipinski definition) is 3. The molecule has 76 valence electrons. The first-order chi connectivity index (χ1) is 6.22. The van der Waals surface area contributed by atoms with Gasteiger partial charge in [0.15, 0.2) is 0 Å². The molecule has 0 radical (unpaired) electrons. The molecule has 3 N–H and O–H groups in total. The third-order valence-electron chi connectivity index (χ3n) is 2.37. The molecule has 1 heterocycles. The Balaban J connectivity index is 2.17. The van der Waals surface area contributed by atoms with Crippen molar-refractivity contribution in [3.63, 3.8) is 0 Å². The monoisotopic (exact) mass is 186 g/mol. The second kappa shape index (κ2) is 5.19. The van der Waals surface area contributed by atoms with Crippen LogP contribution in [0.1, 0.15) is 19.8 Å². The van der Waals surface area contributed by atoms with Crippen LogP contribution in [0.25, 0.3) is 0 Å². The second-order valence-electron chi connectivity index (χ2n) is 3.58. The first kappa shape index (κ1) is 10.5. The summed E-state index contributed by atoms with van der Waals surface area (Å²) in [6.07, 6.45) is 2.40. The van der Waals surface area contributed by atoms with E-state index in [1.54, 1.807) is 0 Å². The molecule has 0 aromatic carbocycles. The number of ether oxygens (including phenoxy) is 1. The SMILES string of the molecule is CC1CC(CNC(=O)CN)CCO1. The van der Waals surface area contributed by atoms with Gasteiger partial charge in [-0.3, -0.25) is 4.79 Å². The summed E-state index contributed by atoms with van der Waals surface area (Å²) in [5.41, 5.74) is 5.18. The minimum Gasteiger partial charge on any atom is -0.378 e. The van der Waals surface area contributed by atoms with E-state index in [1.807, 2.05) is 0 Å². The smallest absolute Gasteiger partial charge is 0.233 e. The summed E-state index contributed by atoms with van der Waals surface area (Å²) >= 11 is 0. The van der Waals surface area contributed by atoms with Crippen molar-refractivity contribution in [3.05, 3.63) is 0 Å². The molecule has 0 saturated carbocycles.